The molecule has 0 amide bonds. The molecule has 6 nitrogen and oxygen atoms in total. The summed E-state index contributed by atoms with van der Waals surface area (Å²) in [5, 5.41) is 11.8. The number of alkyl halides is 1. The van der Waals surface area contributed by atoms with Gasteiger partial charge in [0, 0.05) is 17.8 Å². The molecule has 4 fully saturated rings. The third-order valence-corrected chi connectivity index (χ3v) is 9.33. The Bertz CT molecular complexity index is 956. The Morgan fingerprint density at radius 2 is 2.00 bits per heavy atom. The van der Waals surface area contributed by atoms with Crippen LogP contribution in [0.25, 0.3) is 0 Å². The summed E-state index contributed by atoms with van der Waals surface area (Å²) >= 11 is 0. The molecule has 5 rings (SSSR count). The smallest absolute Gasteiger partial charge is 0.303 e. The minimum Gasteiger partial charge on any atom is -0.458 e. The van der Waals surface area contributed by atoms with E-state index in [0.29, 0.717) is 18.4 Å². The maximum absolute atomic E-state index is 15.4. The SMILES string of the molecule is CC(=O)OCC(=O)[C@@]1(O)[C@H](C)C[C@H]2[C@@H]3C[C@H](F)C4=CC(=O)C=C[C@]4(C)[C@@]34O[C@@H]4C[C@@]21C. The van der Waals surface area contributed by atoms with E-state index in [4.69, 9.17) is 9.47 Å². The molecule has 0 aromatic rings. The van der Waals surface area contributed by atoms with Gasteiger partial charge in [0.2, 0.25) is 5.78 Å². The van der Waals surface area contributed by atoms with E-state index in [9.17, 15) is 19.5 Å². The number of esters is 1. The summed E-state index contributed by atoms with van der Waals surface area (Å²) in [6, 6.07) is 0. The number of rotatable bonds is 3. The highest BCUT2D eigenvalue weighted by Gasteiger charge is 2.82. The minimum atomic E-state index is -1.67. The zero-order chi connectivity index (χ0) is 22.6. The standard InChI is InChI=1S/C24H29FO6/c1-12-7-15-16-9-18(25)17-8-14(27)5-6-21(17,3)24(16)20(31-24)10-22(15,4)23(12,29)19(28)11-30-13(2)26/h5-6,8,12,15-16,18,20,29H,7,9-11H2,1-4H3/t12-,15+,16+,18+,20-,21+,22+,23+,24-/m1/s1. The molecule has 1 saturated heterocycles. The lowest BCUT2D eigenvalue weighted by Crippen LogP contribution is -2.63. The predicted molar refractivity (Wildman–Crippen MR) is 108 cm³/mol. The van der Waals surface area contributed by atoms with Crippen molar-refractivity contribution in [1.82, 2.24) is 0 Å². The number of allylic oxidation sites excluding steroid dienone is 2. The fraction of sp³-hybridized carbons (Fsp3) is 0.708. The van der Waals surface area contributed by atoms with Gasteiger partial charge in [0.05, 0.1) is 6.10 Å². The molecule has 9 atom stereocenters. The molecule has 4 aliphatic carbocycles. The molecule has 168 valence electrons. The second-order valence-corrected chi connectivity index (χ2v) is 10.6. The van der Waals surface area contributed by atoms with Crippen molar-refractivity contribution >= 4 is 17.5 Å². The summed E-state index contributed by atoms with van der Waals surface area (Å²) < 4.78 is 26.7. The van der Waals surface area contributed by atoms with E-state index in [-0.39, 0.29) is 36.1 Å². The lowest BCUT2D eigenvalue weighted by atomic mass is 9.46. The number of ketones is 2. The number of hydrogen-bond acceptors (Lipinski definition) is 6. The maximum atomic E-state index is 15.4. The van der Waals surface area contributed by atoms with Crippen molar-refractivity contribution in [1.29, 1.82) is 0 Å². The Balaban J connectivity index is 1.55. The van der Waals surface area contributed by atoms with Gasteiger partial charge in [-0.15, -0.1) is 0 Å². The van der Waals surface area contributed by atoms with Crippen LogP contribution in [0.15, 0.2) is 23.8 Å². The van der Waals surface area contributed by atoms with E-state index in [2.05, 4.69) is 0 Å². The van der Waals surface area contributed by atoms with Gasteiger partial charge in [0.1, 0.15) is 17.4 Å². The molecule has 31 heavy (non-hydrogen) atoms. The fourth-order valence-corrected chi connectivity index (χ4v) is 7.85. The minimum absolute atomic E-state index is 0.129. The number of halogens is 1. The van der Waals surface area contributed by atoms with E-state index in [1.165, 1.54) is 19.1 Å². The molecule has 1 spiro atoms. The van der Waals surface area contributed by atoms with Crippen molar-refractivity contribution < 1.29 is 33.4 Å². The Labute approximate surface area is 180 Å². The molecule has 0 aromatic heterocycles. The highest BCUT2D eigenvalue weighted by atomic mass is 19.1. The first-order valence-corrected chi connectivity index (χ1v) is 11.1. The first kappa shape index (κ1) is 21.0. The first-order chi connectivity index (χ1) is 14.4. The number of aliphatic hydroxyl groups is 1. The Hall–Kier alpha value is -1.86. The largest absolute Gasteiger partial charge is 0.458 e. The average Bonchev–Trinajstić information content (AvgIpc) is 3.38. The molecule has 0 unspecified atom stereocenters. The average molecular weight is 432 g/mol. The van der Waals surface area contributed by atoms with Gasteiger partial charge >= 0.3 is 5.97 Å². The van der Waals surface area contributed by atoms with Crippen LogP contribution in [0, 0.1) is 28.6 Å². The Morgan fingerprint density at radius 3 is 2.68 bits per heavy atom. The topological polar surface area (TPSA) is 93.2 Å². The van der Waals surface area contributed by atoms with Crippen molar-refractivity contribution in [2.45, 2.75) is 70.4 Å². The van der Waals surface area contributed by atoms with Gasteiger partial charge in [-0.25, -0.2) is 4.39 Å². The Kier molecular flexibility index (Phi) is 4.16. The van der Waals surface area contributed by atoms with E-state index < -0.39 is 46.6 Å². The number of carbonyl (C=O) groups excluding carboxylic acids is 3. The molecule has 5 aliphatic rings. The second kappa shape index (κ2) is 6.13. The van der Waals surface area contributed by atoms with Crippen molar-refractivity contribution in [3.8, 4) is 0 Å². The van der Waals surface area contributed by atoms with Crippen LogP contribution in [-0.2, 0) is 23.9 Å². The molecule has 1 N–H and O–H groups in total. The highest BCUT2D eigenvalue weighted by Crippen LogP contribution is 2.76. The van der Waals surface area contributed by atoms with E-state index >= 15 is 4.39 Å². The van der Waals surface area contributed by atoms with Crippen LogP contribution in [-0.4, -0.2) is 52.7 Å². The number of ether oxygens (including phenoxy) is 2. The van der Waals surface area contributed by atoms with Gasteiger partial charge in [-0.3, -0.25) is 14.4 Å². The van der Waals surface area contributed by atoms with Crippen molar-refractivity contribution in [2.24, 2.45) is 28.6 Å². The van der Waals surface area contributed by atoms with Crippen LogP contribution in [0.4, 0.5) is 4.39 Å². The monoisotopic (exact) mass is 432 g/mol. The molecule has 1 aliphatic heterocycles. The van der Waals surface area contributed by atoms with Crippen LogP contribution >= 0.6 is 0 Å². The Morgan fingerprint density at radius 1 is 1.29 bits per heavy atom. The number of fused-ring (bicyclic) bond motifs is 3. The maximum Gasteiger partial charge on any atom is 0.303 e. The molecular formula is C24H29FO6. The summed E-state index contributed by atoms with van der Waals surface area (Å²) in [7, 11) is 0. The van der Waals surface area contributed by atoms with E-state index in [1.807, 2.05) is 20.8 Å². The molecule has 0 bridgehead atoms. The number of carbonyl (C=O) groups is 3. The van der Waals surface area contributed by atoms with Gasteiger partial charge in [-0.2, -0.15) is 0 Å². The van der Waals surface area contributed by atoms with E-state index in [0.717, 1.165) is 0 Å². The normalized spacial score (nSPS) is 51.7. The lowest BCUT2D eigenvalue weighted by Gasteiger charge is -2.56. The van der Waals surface area contributed by atoms with Crippen molar-refractivity contribution in [3.63, 3.8) is 0 Å². The number of Topliss-reactive ketones (excluding diaryl/α,β-unsaturated/α-hetero) is 1. The zero-order valence-corrected chi connectivity index (χ0v) is 18.3. The molecular weight excluding hydrogens is 403 g/mol. The molecule has 0 aromatic carbocycles. The second-order valence-electron chi connectivity index (χ2n) is 10.6. The van der Waals surface area contributed by atoms with Gasteiger partial charge < -0.3 is 14.6 Å². The summed E-state index contributed by atoms with van der Waals surface area (Å²) in [6.07, 6.45) is 4.42. The molecule has 3 saturated carbocycles. The predicted octanol–water partition coefficient (Wildman–Crippen LogP) is 2.48. The van der Waals surface area contributed by atoms with Crippen molar-refractivity contribution in [2.75, 3.05) is 6.61 Å². The van der Waals surface area contributed by atoms with E-state index in [1.54, 1.807) is 6.08 Å². The quantitative estimate of drug-likeness (QED) is 0.544. The fourth-order valence-electron chi connectivity index (χ4n) is 7.85. The van der Waals surface area contributed by atoms with Crippen molar-refractivity contribution in [3.05, 3.63) is 23.8 Å². The van der Waals surface area contributed by atoms with Gasteiger partial charge in [0.15, 0.2) is 12.4 Å². The van der Waals surface area contributed by atoms with Gasteiger partial charge in [0.25, 0.3) is 0 Å². The van der Waals surface area contributed by atoms with Crippen LogP contribution in [0.5, 0.6) is 0 Å². The summed E-state index contributed by atoms with van der Waals surface area (Å²) in [6.45, 7) is 6.45. The summed E-state index contributed by atoms with van der Waals surface area (Å²) in [5.41, 5.74) is -3.35. The van der Waals surface area contributed by atoms with Gasteiger partial charge in [-0.1, -0.05) is 19.9 Å². The molecule has 7 heteroatoms. The molecule has 1 heterocycles. The lowest BCUT2D eigenvalue weighted by molar-refractivity contribution is -0.171. The third kappa shape index (κ3) is 2.31. The van der Waals surface area contributed by atoms with Crippen LogP contribution in [0.2, 0.25) is 0 Å². The van der Waals surface area contributed by atoms with Crippen LogP contribution in [0.3, 0.4) is 0 Å². The third-order valence-electron chi connectivity index (χ3n) is 9.33. The molecule has 0 radical (unpaired) electrons. The number of hydrogen-bond donors (Lipinski definition) is 1. The first-order valence-electron chi connectivity index (χ1n) is 11.1. The van der Waals surface area contributed by atoms with Crippen LogP contribution in [0.1, 0.15) is 47.0 Å². The van der Waals surface area contributed by atoms with Gasteiger partial charge in [-0.05, 0) is 61.7 Å². The number of epoxide rings is 1. The summed E-state index contributed by atoms with van der Waals surface area (Å²) in [5.74, 6) is -1.96. The summed E-state index contributed by atoms with van der Waals surface area (Å²) in [4.78, 5) is 36.3. The highest BCUT2D eigenvalue weighted by molar-refractivity contribution is 6.01. The van der Waals surface area contributed by atoms with Crippen LogP contribution < -0.4 is 0 Å². The zero-order valence-electron chi connectivity index (χ0n) is 18.3.